The van der Waals surface area contributed by atoms with Crippen LogP contribution in [-0.2, 0) is 9.53 Å². The van der Waals surface area contributed by atoms with Crippen molar-refractivity contribution in [1.82, 2.24) is 0 Å². The van der Waals surface area contributed by atoms with Gasteiger partial charge < -0.3 is 9.84 Å². The average molecular weight is 296 g/mol. The standard InChI is InChI=1S/C18H32O3/c1-12(19)16-10-7-14(11-17(16)20)18(2,3)13-5-8-15(21-4)9-6-13/h13-17,20H,5-11H2,1-4H3. The van der Waals surface area contributed by atoms with Crippen molar-refractivity contribution in [3.63, 3.8) is 0 Å². The van der Waals surface area contributed by atoms with E-state index in [1.54, 1.807) is 6.92 Å². The minimum atomic E-state index is -0.434. The zero-order valence-electron chi connectivity index (χ0n) is 14.1. The summed E-state index contributed by atoms with van der Waals surface area (Å²) in [6.07, 6.45) is 7.53. The van der Waals surface area contributed by atoms with Gasteiger partial charge in [-0.1, -0.05) is 13.8 Å². The summed E-state index contributed by atoms with van der Waals surface area (Å²) in [7, 11) is 1.82. The lowest BCUT2D eigenvalue weighted by molar-refractivity contribution is -0.128. The molecule has 3 heteroatoms. The second-order valence-corrected chi connectivity index (χ2v) is 7.83. The fraction of sp³-hybridized carbons (Fsp3) is 0.944. The number of hydrogen-bond acceptors (Lipinski definition) is 3. The third-order valence-corrected chi connectivity index (χ3v) is 6.45. The summed E-state index contributed by atoms with van der Waals surface area (Å²) >= 11 is 0. The fourth-order valence-electron chi connectivity index (χ4n) is 4.67. The van der Waals surface area contributed by atoms with Crippen molar-refractivity contribution in [1.29, 1.82) is 0 Å². The van der Waals surface area contributed by atoms with Crippen LogP contribution in [0.1, 0.15) is 65.7 Å². The molecule has 3 unspecified atom stereocenters. The Morgan fingerprint density at radius 3 is 2.10 bits per heavy atom. The van der Waals surface area contributed by atoms with Crippen LogP contribution in [0.5, 0.6) is 0 Å². The first-order valence-electron chi connectivity index (χ1n) is 8.57. The number of hydrogen-bond donors (Lipinski definition) is 1. The van der Waals surface area contributed by atoms with E-state index in [0.717, 1.165) is 38.0 Å². The highest BCUT2D eigenvalue weighted by Crippen LogP contribution is 2.49. The van der Waals surface area contributed by atoms with Crippen molar-refractivity contribution in [3.05, 3.63) is 0 Å². The Morgan fingerprint density at radius 1 is 1.05 bits per heavy atom. The van der Waals surface area contributed by atoms with Gasteiger partial charge in [0.15, 0.2) is 0 Å². The first-order valence-corrected chi connectivity index (χ1v) is 8.57. The van der Waals surface area contributed by atoms with Crippen LogP contribution in [0.3, 0.4) is 0 Å². The van der Waals surface area contributed by atoms with Gasteiger partial charge in [0.25, 0.3) is 0 Å². The molecule has 0 bridgehead atoms. The number of carbonyl (C=O) groups is 1. The molecule has 2 aliphatic carbocycles. The van der Waals surface area contributed by atoms with Crippen molar-refractivity contribution in [2.75, 3.05) is 7.11 Å². The van der Waals surface area contributed by atoms with Gasteiger partial charge in [0.05, 0.1) is 12.2 Å². The zero-order valence-corrected chi connectivity index (χ0v) is 14.1. The maximum atomic E-state index is 11.6. The Bertz CT molecular complexity index is 355. The van der Waals surface area contributed by atoms with E-state index in [2.05, 4.69) is 13.8 Å². The maximum Gasteiger partial charge on any atom is 0.135 e. The second kappa shape index (κ2) is 6.78. The number of methoxy groups -OCH3 is 1. The predicted octanol–water partition coefficient (Wildman–Crippen LogP) is 3.58. The Hall–Kier alpha value is -0.410. The van der Waals surface area contributed by atoms with Crippen LogP contribution in [0.15, 0.2) is 0 Å². The quantitative estimate of drug-likeness (QED) is 0.862. The molecule has 0 radical (unpaired) electrons. The van der Waals surface area contributed by atoms with E-state index in [9.17, 15) is 9.90 Å². The van der Waals surface area contributed by atoms with Crippen LogP contribution in [0, 0.1) is 23.2 Å². The molecule has 0 aromatic carbocycles. The molecule has 0 aromatic rings. The minimum absolute atomic E-state index is 0.124. The number of aliphatic hydroxyl groups excluding tert-OH is 1. The number of aliphatic hydroxyl groups is 1. The van der Waals surface area contributed by atoms with E-state index >= 15 is 0 Å². The zero-order chi connectivity index (χ0) is 15.6. The summed E-state index contributed by atoms with van der Waals surface area (Å²) in [5, 5.41) is 10.3. The van der Waals surface area contributed by atoms with E-state index < -0.39 is 6.10 Å². The van der Waals surface area contributed by atoms with Gasteiger partial charge in [-0.2, -0.15) is 0 Å². The van der Waals surface area contributed by atoms with Crippen molar-refractivity contribution in [3.8, 4) is 0 Å². The number of Topliss-reactive ketones (excluding diaryl/α,β-unsaturated/α-hetero) is 1. The number of ether oxygens (including phenoxy) is 1. The normalized spacial score (nSPS) is 38.2. The topological polar surface area (TPSA) is 46.5 Å². The summed E-state index contributed by atoms with van der Waals surface area (Å²) in [6.45, 7) is 6.36. The van der Waals surface area contributed by atoms with Crippen LogP contribution >= 0.6 is 0 Å². The lowest BCUT2D eigenvalue weighted by Crippen LogP contribution is -2.43. The van der Waals surface area contributed by atoms with Gasteiger partial charge in [-0.05, 0) is 69.1 Å². The molecule has 21 heavy (non-hydrogen) atoms. The second-order valence-electron chi connectivity index (χ2n) is 7.83. The fourth-order valence-corrected chi connectivity index (χ4v) is 4.67. The average Bonchev–Trinajstić information content (AvgIpc) is 2.46. The Kier molecular flexibility index (Phi) is 5.48. The number of ketones is 1. The van der Waals surface area contributed by atoms with E-state index in [4.69, 9.17) is 4.74 Å². The van der Waals surface area contributed by atoms with Gasteiger partial charge in [0, 0.05) is 13.0 Å². The highest BCUT2D eigenvalue weighted by molar-refractivity contribution is 5.78. The molecule has 3 nitrogen and oxygen atoms in total. The van der Waals surface area contributed by atoms with Gasteiger partial charge in [0.1, 0.15) is 5.78 Å². The lowest BCUT2D eigenvalue weighted by atomic mass is 9.59. The van der Waals surface area contributed by atoms with Gasteiger partial charge >= 0.3 is 0 Å². The summed E-state index contributed by atoms with van der Waals surface area (Å²) in [6, 6.07) is 0. The van der Waals surface area contributed by atoms with E-state index in [1.165, 1.54) is 12.8 Å². The largest absolute Gasteiger partial charge is 0.392 e. The molecule has 1 N–H and O–H groups in total. The highest BCUT2D eigenvalue weighted by Gasteiger charge is 2.43. The molecule has 0 aliphatic heterocycles. The monoisotopic (exact) mass is 296 g/mol. The van der Waals surface area contributed by atoms with Crippen LogP contribution in [0.25, 0.3) is 0 Å². The molecule has 0 heterocycles. The minimum Gasteiger partial charge on any atom is -0.392 e. The number of rotatable bonds is 4. The molecule has 0 aromatic heterocycles. The van der Waals surface area contributed by atoms with Crippen LogP contribution < -0.4 is 0 Å². The Balaban J connectivity index is 1.96. The predicted molar refractivity (Wildman–Crippen MR) is 84.1 cm³/mol. The van der Waals surface area contributed by atoms with Crippen LogP contribution in [-0.4, -0.2) is 30.2 Å². The Labute approximate surface area is 129 Å². The summed E-state index contributed by atoms with van der Waals surface area (Å²) in [5.74, 6) is 1.28. The van der Waals surface area contributed by atoms with Gasteiger partial charge in [-0.3, -0.25) is 4.79 Å². The van der Waals surface area contributed by atoms with Gasteiger partial charge in [0.2, 0.25) is 0 Å². The SMILES string of the molecule is COC1CCC(C(C)(C)C2CCC(C(C)=O)C(O)C2)CC1. The summed E-state index contributed by atoms with van der Waals surface area (Å²) in [5.41, 5.74) is 0.251. The molecule has 2 fully saturated rings. The van der Waals surface area contributed by atoms with Gasteiger partial charge in [-0.25, -0.2) is 0 Å². The molecule has 2 aliphatic rings. The number of carbonyl (C=O) groups excluding carboxylic acids is 1. The first-order chi connectivity index (χ1) is 9.86. The lowest BCUT2D eigenvalue weighted by Gasteiger charge is -2.47. The Morgan fingerprint density at radius 2 is 1.62 bits per heavy atom. The molecular weight excluding hydrogens is 264 g/mol. The third-order valence-electron chi connectivity index (χ3n) is 6.45. The van der Waals surface area contributed by atoms with Crippen molar-refractivity contribution >= 4 is 5.78 Å². The van der Waals surface area contributed by atoms with Crippen LogP contribution in [0.4, 0.5) is 0 Å². The first kappa shape index (κ1) is 17.0. The molecular formula is C18H32O3. The van der Waals surface area contributed by atoms with Crippen molar-refractivity contribution in [2.45, 2.75) is 77.9 Å². The molecule has 0 spiro atoms. The molecule has 2 saturated carbocycles. The molecule has 0 saturated heterocycles. The van der Waals surface area contributed by atoms with Crippen LogP contribution in [0.2, 0.25) is 0 Å². The molecule has 2 rings (SSSR count). The highest BCUT2D eigenvalue weighted by atomic mass is 16.5. The summed E-state index contributed by atoms with van der Waals surface area (Å²) < 4.78 is 5.48. The third kappa shape index (κ3) is 3.68. The summed E-state index contributed by atoms with van der Waals surface area (Å²) in [4.78, 5) is 11.6. The van der Waals surface area contributed by atoms with E-state index in [0.29, 0.717) is 12.0 Å². The van der Waals surface area contributed by atoms with E-state index in [1.807, 2.05) is 7.11 Å². The molecule has 0 amide bonds. The molecule has 3 atom stereocenters. The van der Waals surface area contributed by atoms with Gasteiger partial charge in [-0.15, -0.1) is 0 Å². The molecule has 122 valence electrons. The maximum absolute atomic E-state index is 11.6. The van der Waals surface area contributed by atoms with Crippen molar-refractivity contribution < 1.29 is 14.6 Å². The van der Waals surface area contributed by atoms with Crippen molar-refractivity contribution in [2.24, 2.45) is 23.2 Å². The smallest absolute Gasteiger partial charge is 0.135 e. The van der Waals surface area contributed by atoms with E-state index in [-0.39, 0.29) is 17.1 Å².